The fourth-order valence-electron chi connectivity index (χ4n) is 3.47. The van der Waals surface area contributed by atoms with Gasteiger partial charge >= 0.3 is 0 Å². The van der Waals surface area contributed by atoms with Gasteiger partial charge in [0.1, 0.15) is 17.4 Å². The van der Waals surface area contributed by atoms with Crippen molar-refractivity contribution in [2.45, 2.75) is 13.0 Å². The van der Waals surface area contributed by atoms with Crippen LogP contribution in [0.5, 0.6) is 5.75 Å². The van der Waals surface area contributed by atoms with Gasteiger partial charge in [0.2, 0.25) is 5.90 Å². The van der Waals surface area contributed by atoms with E-state index in [1.54, 1.807) is 30.3 Å². The van der Waals surface area contributed by atoms with Crippen molar-refractivity contribution in [3.8, 4) is 16.9 Å². The zero-order chi connectivity index (χ0) is 23.8. The molecule has 3 rings (SSSR count). The van der Waals surface area contributed by atoms with Crippen LogP contribution in [0.2, 0.25) is 0 Å². The van der Waals surface area contributed by atoms with Crippen LogP contribution in [0.4, 0.5) is 10.1 Å². The predicted molar refractivity (Wildman–Crippen MR) is 129 cm³/mol. The lowest BCUT2D eigenvalue weighted by molar-refractivity contribution is 0.0532. The van der Waals surface area contributed by atoms with E-state index in [0.717, 1.165) is 0 Å². The Morgan fingerprint density at radius 2 is 2.06 bits per heavy atom. The van der Waals surface area contributed by atoms with Crippen LogP contribution < -0.4 is 16.2 Å². The quantitative estimate of drug-likeness (QED) is 0.320. The van der Waals surface area contributed by atoms with Crippen molar-refractivity contribution in [2.75, 3.05) is 45.1 Å². The van der Waals surface area contributed by atoms with Gasteiger partial charge in [0, 0.05) is 55.1 Å². The Morgan fingerprint density at radius 3 is 2.70 bits per heavy atom. The molecule has 1 fully saturated rings. The maximum Gasteiger partial charge on any atom is 0.218 e. The van der Waals surface area contributed by atoms with Gasteiger partial charge in [-0.15, -0.1) is 0 Å². The van der Waals surface area contributed by atoms with Crippen molar-refractivity contribution in [1.82, 2.24) is 4.90 Å². The van der Waals surface area contributed by atoms with Gasteiger partial charge in [-0.2, -0.15) is 0 Å². The fraction of sp³-hybridized carbons (Fsp3) is 0.333. The Kier molecular flexibility index (Phi) is 8.53. The van der Waals surface area contributed by atoms with E-state index >= 15 is 0 Å². The third kappa shape index (κ3) is 6.16. The van der Waals surface area contributed by atoms with Gasteiger partial charge in [0.25, 0.3) is 0 Å². The lowest BCUT2D eigenvalue weighted by Gasteiger charge is -2.28. The van der Waals surface area contributed by atoms with Crippen LogP contribution in [0, 0.1) is 5.82 Å². The molecule has 0 bridgehead atoms. The molecule has 0 radical (unpaired) electrons. The zero-order valence-electron chi connectivity index (χ0n) is 18.7. The van der Waals surface area contributed by atoms with E-state index in [-0.39, 0.29) is 12.1 Å². The molecule has 0 amide bonds. The number of nitrogen functional groups attached to an aromatic ring is 1. The van der Waals surface area contributed by atoms with E-state index in [1.165, 1.54) is 12.1 Å². The number of rotatable bonds is 8. The smallest absolute Gasteiger partial charge is 0.218 e. The van der Waals surface area contributed by atoms with Crippen LogP contribution in [-0.2, 0) is 4.74 Å². The highest BCUT2D eigenvalue weighted by Crippen LogP contribution is 2.34. The molecule has 1 heterocycles. The van der Waals surface area contributed by atoms with Gasteiger partial charge < -0.3 is 30.9 Å². The number of aliphatic imine (C=N–C) groups is 2. The van der Waals surface area contributed by atoms with Crippen LogP contribution in [-0.4, -0.2) is 62.0 Å². The molecule has 0 aliphatic carbocycles. The minimum Gasteiger partial charge on any atom is -0.439 e. The number of hydrogen-bond acceptors (Lipinski definition) is 8. The number of halogens is 1. The standard InChI is InChI=1S/C24H30FN5O3/c1-3-29-24(14-23(28-2)30-8-10-32-11-9-30)33-22-13-17(27)5-7-18(22)16-4-6-19(20(25)12-16)21(31)15-26/h4-7,12-14,21,31H,2-3,8-11,15,26-27H2,1H3/b23-14+,29-24+. The first-order chi connectivity index (χ1) is 16.0. The molecule has 8 nitrogen and oxygen atoms in total. The number of aliphatic hydroxyl groups is 1. The number of hydrogen-bond donors (Lipinski definition) is 3. The first-order valence-corrected chi connectivity index (χ1v) is 10.8. The van der Waals surface area contributed by atoms with Gasteiger partial charge in [-0.3, -0.25) is 4.99 Å². The largest absolute Gasteiger partial charge is 0.439 e. The normalized spacial score (nSPS) is 15.9. The van der Waals surface area contributed by atoms with Crippen LogP contribution >= 0.6 is 0 Å². The summed E-state index contributed by atoms with van der Waals surface area (Å²) in [6, 6.07) is 9.67. The summed E-state index contributed by atoms with van der Waals surface area (Å²) in [5.41, 5.74) is 13.3. The van der Waals surface area contributed by atoms with E-state index in [1.807, 2.05) is 11.8 Å². The SMILES string of the molecule is C=N/C(=C\C(=N/CC)Oc1cc(N)ccc1-c1ccc(C(O)CN)c(F)c1)N1CCOCC1. The molecular formula is C24H30FN5O3. The highest BCUT2D eigenvalue weighted by atomic mass is 19.1. The second-order valence-corrected chi connectivity index (χ2v) is 7.42. The summed E-state index contributed by atoms with van der Waals surface area (Å²) < 4.78 is 26.2. The molecule has 0 spiro atoms. The second-order valence-electron chi connectivity index (χ2n) is 7.42. The summed E-state index contributed by atoms with van der Waals surface area (Å²) in [4.78, 5) is 10.6. The van der Waals surface area contributed by atoms with E-state index in [2.05, 4.69) is 16.7 Å². The van der Waals surface area contributed by atoms with Crippen molar-refractivity contribution in [3.63, 3.8) is 0 Å². The molecule has 1 aliphatic heterocycles. The van der Waals surface area contributed by atoms with E-state index in [9.17, 15) is 9.50 Å². The molecule has 1 atom stereocenters. The molecule has 176 valence electrons. The molecule has 33 heavy (non-hydrogen) atoms. The third-order valence-electron chi connectivity index (χ3n) is 5.18. The molecule has 9 heteroatoms. The van der Waals surface area contributed by atoms with Crippen LogP contribution in [0.1, 0.15) is 18.6 Å². The number of nitrogens with two attached hydrogens (primary N) is 2. The summed E-state index contributed by atoms with van der Waals surface area (Å²) >= 11 is 0. The first kappa shape index (κ1) is 24.4. The van der Waals surface area contributed by atoms with Crippen molar-refractivity contribution in [3.05, 3.63) is 59.7 Å². The molecule has 2 aromatic rings. The Bertz CT molecular complexity index is 1030. The van der Waals surface area contributed by atoms with Crippen LogP contribution in [0.25, 0.3) is 11.1 Å². The Hall–Kier alpha value is -3.27. The minimum absolute atomic E-state index is 0.0709. The third-order valence-corrected chi connectivity index (χ3v) is 5.18. The van der Waals surface area contributed by atoms with Crippen molar-refractivity contribution in [2.24, 2.45) is 15.7 Å². The molecular weight excluding hydrogens is 425 g/mol. The monoisotopic (exact) mass is 455 g/mol. The number of benzene rings is 2. The maximum absolute atomic E-state index is 14.6. The summed E-state index contributed by atoms with van der Waals surface area (Å²) in [6.45, 7) is 8.56. The summed E-state index contributed by atoms with van der Waals surface area (Å²) in [7, 11) is 0. The maximum atomic E-state index is 14.6. The van der Waals surface area contributed by atoms with Crippen LogP contribution in [0.3, 0.4) is 0 Å². The van der Waals surface area contributed by atoms with Crippen LogP contribution in [0.15, 0.2) is 58.3 Å². The van der Waals surface area contributed by atoms with E-state index < -0.39 is 11.9 Å². The number of ether oxygens (including phenoxy) is 2. The molecule has 1 saturated heterocycles. The number of nitrogens with zero attached hydrogens (tertiary/aromatic N) is 3. The summed E-state index contributed by atoms with van der Waals surface area (Å²) in [6.07, 6.45) is 0.649. The molecule has 1 unspecified atom stereocenters. The topological polar surface area (TPSA) is 119 Å². The molecule has 0 aromatic heterocycles. The van der Waals surface area contributed by atoms with Gasteiger partial charge in [-0.25, -0.2) is 9.38 Å². The zero-order valence-corrected chi connectivity index (χ0v) is 18.7. The predicted octanol–water partition coefficient (Wildman–Crippen LogP) is 2.74. The van der Waals surface area contributed by atoms with E-state index in [0.29, 0.717) is 67.1 Å². The highest BCUT2D eigenvalue weighted by Gasteiger charge is 2.17. The lowest BCUT2D eigenvalue weighted by Crippen LogP contribution is -2.35. The Labute approximate surface area is 193 Å². The Balaban J connectivity index is 1.96. The van der Waals surface area contributed by atoms with Crippen molar-refractivity contribution in [1.29, 1.82) is 0 Å². The average molecular weight is 456 g/mol. The van der Waals surface area contributed by atoms with Crippen molar-refractivity contribution < 1.29 is 19.0 Å². The van der Waals surface area contributed by atoms with Gasteiger partial charge in [-0.1, -0.05) is 12.1 Å². The summed E-state index contributed by atoms with van der Waals surface area (Å²) in [5, 5.41) is 9.90. The summed E-state index contributed by atoms with van der Waals surface area (Å²) in [5.74, 6) is 0.812. The fourth-order valence-corrected chi connectivity index (χ4v) is 3.47. The van der Waals surface area contributed by atoms with Gasteiger partial charge in [-0.05, 0) is 37.4 Å². The van der Waals surface area contributed by atoms with Gasteiger partial charge in [0.15, 0.2) is 0 Å². The molecule has 0 saturated carbocycles. The van der Waals surface area contributed by atoms with E-state index in [4.69, 9.17) is 20.9 Å². The molecule has 2 aromatic carbocycles. The Morgan fingerprint density at radius 1 is 1.30 bits per heavy atom. The minimum atomic E-state index is -1.07. The highest BCUT2D eigenvalue weighted by molar-refractivity contribution is 5.91. The number of aliphatic hydroxyl groups excluding tert-OH is 1. The lowest BCUT2D eigenvalue weighted by atomic mass is 10.00. The number of morpholine rings is 1. The van der Waals surface area contributed by atoms with Crippen molar-refractivity contribution >= 4 is 18.3 Å². The average Bonchev–Trinajstić information content (AvgIpc) is 2.82. The first-order valence-electron chi connectivity index (χ1n) is 10.8. The number of anilines is 1. The molecule has 5 N–H and O–H groups in total. The van der Waals surface area contributed by atoms with Gasteiger partial charge in [0.05, 0.1) is 19.3 Å². The second kappa shape index (κ2) is 11.6. The molecule has 1 aliphatic rings.